The van der Waals surface area contributed by atoms with Gasteiger partial charge >= 0.3 is 0 Å². The highest BCUT2D eigenvalue weighted by molar-refractivity contribution is 5.97. The summed E-state index contributed by atoms with van der Waals surface area (Å²) >= 11 is 0. The summed E-state index contributed by atoms with van der Waals surface area (Å²) in [5.41, 5.74) is 5.23. The average Bonchev–Trinajstić information content (AvgIpc) is 2.66. The number of carbonyl (C=O) groups is 1. The van der Waals surface area contributed by atoms with Crippen LogP contribution in [0.25, 0.3) is 0 Å². The summed E-state index contributed by atoms with van der Waals surface area (Å²) < 4.78 is 0. The number of nitrogens with one attached hydrogen (secondary N) is 1. The zero-order valence-electron chi connectivity index (χ0n) is 15.6. The van der Waals surface area contributed by atoms with E-state index < -0.39 is 0 Å². The van der Waals surface area contributed by atoms with Gasteiger partial charge in [-0.3, -0.25) is 4.79 Å². The van der Waals surface area contributed by atoms with Gasteiger partial charge in [-0.2, -0.15) is 5.26 Å². The summed E-state index contributed by atoms with van der Waals surface area (Å²) in [5.74, 6) is 1.41. The quantitative estimate of drug-likeness (QED) is 0.681. The summed E-state index contributed by atoms with van der Waals surface area (Å²) in [6.07, 6.45) is 2.29. The zero-order chi connectivity index (χ0) is 19.4. The number of aromatic nitrogens is 2. The Morgan fingerprint density at radius 3 is 2.52 bits per heavy atom. The molecule has 0 bridgehead atoms. The lowest BCUT2D eigenvalue weighted by molar-refractivity contribution is 0.101. The standard InChI is InChI=1S/C22H20N4O/c1-14-4-9-19(16(3)27)15(2)22(14)26-20-10-11-24-21(25-20)12-17-5-7-18(13-23)8-6-17/h4-11H,12H2,1-3H3,(H,24,25,26). The van der Waals surface area contributed by atoms with Crippen molar-refractivity contribution in [1.82, 2.24) is 9.97 Å². The largest absolute Gasteiger partial charge is 0.340 e. The second kappa shape index (κ2) is 7.79. The molecule has 3 aromatic rings. The Hall–Kier alpha value is -3.52. The van der Waals surface area contributed by atoms with Gasteiger partial charge < -0.3 is 5.32 Å². The number of aryl methyl sites for hydroxylation is 1. The molecule has 0 aliphatic carbocycles. The first-order valence-electron chi connectivity index (χ1n) is 8.67. The van der Waals surface area contributed by atoms with Gasteiger partial charge in [0.05, 0.1) is 11.6 Å². The van der Waals surface area contributed by atoms with Crippen molar-refractivity contribution in [2.75, 3.05) is 5.32 Å². The highest BCUT2D eigenvalue weighted by Gasteiger charge is 2.12. The number of anilines is 2. The molecule has 1 aromatic heterocycles. The smallest absolute Gasteiger partial charge is 0.160 e. The maximum Gasteiger partial charge on any atom is 0.160 e. The van der Waals surface area contributed by atoms with Gasteiger partial charge in [0, 0.05) is 23.9 Å². The normalized spacial score (nSPS) is 10.3. The fourth-order valence-corrected chi connectivity index (χ4v) is 2.98. The Labute approximate surface area is 158 Å². The SMILES string of the molecule is CC(=O)c1ccc(C)c(Nc2ccnc(Cc3ccc(C#N)cc3)n2)c1C. The number of ketones is 1. The summed E-state index contributed by atoms with van der Waals surface area (Å²) in [5, 5.41) is 12.2. The first kappa shape index (κ1) is 18.3. The van der Waals surface area contributed by atoms with E-state index in [1.54, 1.807) is 25.3 Å². The molecule has 3 rings (SSSR count). The van der Waals surface area contributed by atoms with E-state index in [0.29, 0.717) is 29.2 Å². The molecule has 0 aliphatic rings. The van der Waals surface area contributed by atoms with E-state index in [0.717, 1.165) is 22.4 Å². The molecular formula is C22H20N4O. The summed E-state index contributed by atoms with van der Waals surface area (Å²) in [6, 6.07) is 15.1. The van der Waals surface area contributed by atoms with Crippen LogP contribution in [0.5, 0.6) is 0 Å². The van der Waals surface area contributed by atoms with Crippen molar-refractivity contribution in [3.8, 4) is 6.07 Å². The molecular weight excluding hydrogens is 336 g/mol. The third kappa shape index (κ3) is 4.18. The molecule has 134 valence electrons. The van der Waals surface area contributed by atoms with Gasteiger partial charge in [0.2, 0.25) is 0 Å². The Kier molecular flexibility index (Phi) is 5.28. The van der Waals surface area contributed by atoms with Gasteiger partial charge in [0.25, 0.3) is 0 Å². The maximum atomic E-state index is 11.8. The first-order valence-corrected chi connectivity index (χ1v) is 8.67. The second-order valence-electron chi connectivity index (χ2n) is 6.45. The molecule has 1 heterocycles. The third-order valence-electron chi connectivity index (χ3n) is 4.46. The minimum absolute atomic E-state index is 0.0414. The van der Waals surface area contributed by atoms with E-state index >= 15 is 0 Å². The molecule has 27 heavy (non-hydrogen) atoms. The molecule has 2 aromatic carbocycles. The number of hydrogen-bond donors (Lipinski definition) is 1. The van der Waals surface area contributed by atoms with E-state index in [4.69, 9.17) is 5.26 Å². The van der Waals surface area contributed by atoms with Crippen molar-refractivity contribution in [3.05, 3.63) is 82.3 Å². The fourth-order valence-electron chi connectivity index (χ4n) is 2.98. The van der Waals surface area contributed by atoms with Crippen molar-refractivity contribution >= 4 is 17.3 Å². The molecule has 1 N–H and O–H groups in total. The van der Waals surface area contributed by atoms with Crippen LogP contribution in [0.1, 0.15) is 45.4 Å². The van der Waals surface area contributed by atoms with E-state index in [-0.39, 0.29) is 5.78 Å². The van der Waals surface area contributed by atoms with Crippen LogP contribution in [-0.2, 0) is 6.42 Å². The predicted octanol–water partition coefficient (Wildman–Crippen LogP) is 4.50. The molecule has 0 aliphatic heterocycles. The van der Waals surface area contributed by atoms with Crippen molar-refractivity contribution in [2.24, 2.45) is 0 Å². The van der Waals surface area contributed by atoms with Crippen LogP contribution in [0.3, 0.4) is 0 Å². The number of nitriles is 1. The first-order chi connectivity index (χ1) is 13.0. The monoisotopic (exact) mass is 356 g/mol. The predicted molar refractivity (Wildman–Crippen MR) is 105 cm³/mol. The number of hydrogen-bond acceptors (Lipinski definition) is 5. The summed E-state index contributed by atoms with van der Waals surface area (Å²) in [6.45, 7) is 5.50. The second-order valence-corrected chi connectivity index (χ2v) is 6.45. The summed E-state index contributed by atoms with van der Waals surface area (Å²) in [7, 11) is 0. The number of rotatable bonds is 5. The molecule has 0 fully saturated rings. The molecule has 0 radical (unpaired) electrons. The van der Waals surface area contributed by atoms with Gasteiger partial charge in [-0.05, 0) is 55.7 Å². The Bertz CT molecular complexity index is 1030. The van der Waals surface area contributed by atoms with Gasteiger partial charge in [0.15, 0.2) is 5.78 Å². The topological polar surface area (TPSA) is 78.7 Å². The third-order valence-corrected chi connectivity index (χ3v) is 4.46. The fraction of sp³-hybridized carbons (Fsp3) is 0.182. The average molecular weight is 356 g/mol. The molecule has 0 saturated carbocycles. The maximum absolute atomic E-state index is 11.8. The van der Waals surface area contributed by atoms with E-state index in [9.17, 15) is 4.79 Å². The Balaban J connectivity index is 1.85. The minimum Gasteiger partial charge on any atom is -0.340 e. The highest BCUT2D eigenvalue weighted by atomic mass is 16.1. The van der Waals surface area contributed by atoms with Gasteiger partial charge in [-0.25, -0.2) is 9.97 Å². The number of nitrogens with zero attached hydrogens (tertiary/aromatic N) is 3. The number of Topliss-reactive ketones (excluding diaryl/α,β-unsaturated/α-hetero) is 1. The van der Waals surface area contributed by atoms with Crippen LogP contribution in [0.4, 0.5) is 11.5 Å². The van der Waals surface area contributed by atoms with Crippen molar-refractivity contribution in [3.63, 3.8) is 0 Å². The molecule has 0 amide bonds. The lowest BCUT2D eigenvalue weighted by atomic mass is 10.00. The van der Waals surface area contributed by atoms with Gasteiger partial charge in [0.1, 0.15) is 11.6 Å². The highest BCUT2D eigenvalue weighted by Crippen LogP contribution is 2.27. The Morgan fingerprint density at radius 2 is 1.85 bits per heavy atom. The van der Waals surface area contributed by atoms with Crippen molar-refractivity contribution in [2.45, 2.75) is 27.2 Å². The lowest BCUT2D eigenvalue weighted by Crippen LogP contribution is -2.05. The van der Waals surface area contributed by atoms with Crippen molar-refractivity contribution < 1.29 is 4.79 Å². The van der Waals surface area contributed by atoms with Crippen LogP contribution in [0.2, 0.25) is 0 Å². The molecule has 0 unspecified atom stereocenters. The van der Waals surface area contributed by atoms with Crippen molar-refractivity contribution in [1.29, 1.82) is 5.26 Å². The van der Waals surface area contributed by atoms with Crippen LogP contribution in [0, 0.1) is 25.2 Å². The van der Waals surface area contributed by atoms with E-state index in [2.05, 4.69) is 21.4 Å². The van der Waals surface area contributed by atoms with Gasteiger partial charge in [-0.15, -0.1) is 0 Å². The molecule has 0 saturated heterocycles. The molecule has 5 nitrogen and oxygen atoms in total. The Morgan fingerprint density at radius 1 is 1.11 bits per heavy atom. The van der Waals surface area contributed by atoms with E-state index in [1.165, 1.54) is 0 Å². The lowest BCUT2D eigenvalue weighted by Gasteiger charge is -2.15. The van der Waals surface area contributed by atoms with Gasteiger partial charge in [-0.1, -0.05) is 24.3 Å². The molecule has 0 spiro atoms. The van der Waals surface area contributed by atoms with Crippen LogP contribution < -0.4 is 5.32 Å². The molecule has 0 atom stereocenters. The molecule has 5 heteroatoms. The zero-order valence-corrected chi connectivity index (χ0v) is 15.6. The number of benzene rings is 2. The van der Waals surface area contributed by atoms with Crippen LogP contribution in [-0.4, -0.2) is 15.8 Å². The van der Waals surface area contributed by atoms with E-state index in [1.807, 2.05) is 44.2 Å². The minimum atomic E-state index is 0.0414. The summed E-state index contributed by atoms with van der Waals surface area (Å²) in [4.78, 5) is 20.7. The van der Waals surface area contributed by atoms with Crippen LogP contribution in [0.15, 0.2) is 48.7 Å². The number of carbonyl (C=O) groups excluding carboxylic acids is 1. The van der Waals surface area contributed by atoms with Crippen LogP contribution >= 0.6 is 0 Å².